The summed E-state index contributed by atoms with van der Waals surface area (Å²) in [6, 6.07) is 3.74. The van der Waals surface area contributed by atoms with Gasteiger partial charge in [-0.1, -0.05) is 0 Å². The lowest BCUT2D eigenvalue weighted by molar-refractivity contribution is -0.143. The van der Waals surface area contributed by atoms with E-state index < -0.39 is 0 Å². The summed E-state index contributed by atoms with van der Waals surface area (Å²) < 4.78 is 15.6. The third kappa shape index (κ3) is 9.89. The Morgan fingerprint density at radius 1 is 1.29 bits per heavy atom. The van der Waals surface area contributed by atoms with Crippen LogP contribution in [-0.2, 0) is 20.9 Å². The van der Waals surface area contributed by atoms with Gasteiger partial charge in [-0.3, -0.25) is 9.79 Å². The smallest absolute Gasteiger partial charge is 0.305 e. The van der Waals surface area contributed by atoms with Crippen LogP contribution in [0.4, 0.5) is 0 Å². The van der Waals surface area contributed by atoms with Gasteiger partial charge in [0.15, 0.2) is 5.96 Å². The first-order valence-electron chi connectivity index (χ1n) is 8.54. The number of esters is 1. The largest absolute Gasteiger partial charge is 0.467 e. The number of hydrogen-bond acceptors (Lipinski definition) is 5. The molecule has 0 unspecified atom stereocenters. The van der Waals surface area contributed by atoms with Crippen molar-refractivity contribution in [1.82, 2.24) is 10.6 Å². The van der Waals surface area contributed by atoms with Gasteiger partial charge in [-0.15, -0.1) is 0 Å². The van der Waals surface area contributed by atoms with E-state index in [0.717, 1.165) is 31.2 Å². The highest BCUT2D eigenvalue weighted by Gasteiger charge is 2.01. The predicted octanol–water partition coefficient (Wildman–Crippen LogP) is 2.08. The number of hydrogen-bond donors (Lipinski definition) is 2. The van der Waals surface area contributed by atoms with Crippen LogP contribution < -0.4 is 10.6 Å². The molecule has 7 nitrogen and oxygen atoms in total. The Bertz CT molecular complexity index is 460. The average molecular weight is 339 g/mol. The quantitative estimate of drug-likeness (QED) is 0.262. The van der Waals surface area contributed by atoms with E-state index in [9.17, 15) is 4.79 Å². The van der Waals surface area contributed by atoms with Gasteiger partial charge >= 0.3 is 5.97 Å². The van der Waals surface area contributed by atoms with E-state index in [2.05, 4.69) is 15.6 Å². The molecule has 0 fully saturated rings. The molecule has 1 aromatic heterocycles. The first-order valence-corrected chi connectivity index (χ1v) is 8.54. The highest BCUT2D eigenvalue weighted by molar-refractivity contribution is 5.79. The number of ether oxygens (including phenoxy) is 2. The van der Waals surface area contributed by atoms with Crippen LogP contribution in [0.3, 0.4) is 0 Å². The van der Waals surface area contributed by atoms with Gasteiger partial charge in [0.05, 0.1) is 12.9 Å². The van der Waals surface area contributed by atoms with Crippen molar-refractivity contribution < 1.29 is 18.7 Å². The van der Waals surface area contributed by atoms with Gasteiger partial charge in [0, 0.05) is 32.7 Å². The van der Waals surface area contributed by atoms with E-state index in [-0.39, 0.29) is 5.97 Å². The number of rotatable bonds is 12. The molecule has 0 aliphatic rings. The van der Waals surface area contributed by atoms with Crippen molar-refractivity contribution in [2.75, 3.05) is 32.8 Å². The minimum atomic E-state index is -0.167. The van der Waals surface area contributed by atoms with Crippen LogP contribution in [0.15, 0.2) is 27.8 Å². The second-order valence-corrected chi connectivity index (χ2v) is 5.08. The highest BCUT2D eigenvalue weighted by Crippen LogP contribution is 2.01. The molecule has 24 heavy (non-hydrogen) atoms. The summed E-state index contributed by atoms with van der Waals surface area (Å²) in [5, 5.41) is 6.42. The molecule has 0 atom stereocenters. The molecule has 0 amide bonds. The van der Waals surface area contributed by atoms with E-state index in [0.29, 0.717) is 39.2 Å². The number of carbonyl (C=O) groups is 1. The summed E-state index contributed by atoms with van der Waals surface area (Å²) in [6.45, 7) is 7.53. The molecule has 0 radical (unpaired) electrons. The average Bonchev–Trinajstić information content (AvgIpc) is 3.08. The summed E-state index contributed by atoms with van der Waals surface area (Å²) in [7, 11) is 0. The van der Waals surface area contributed by atoms with Crippen molar-refractivity contribution >= 4 is 11.9 Å². The standard InChI is InChI=1S/C17H29N3O4/c1-3-18-17(19-10-5-9-16(21)23-4-2)20-11-7-12-22-14-15-8-6-13-24-15/h6,8,13H,3-5,7,9-12,14H2,1-2H3,(H2,18,19,20). The maximum absolute atomic E-state index is 11.2. The molecule has 7 heteroatoms. The summed E-state index contributed by atoms with van der Waals surface area (Å²) in [5.74, 6) is 1.42. The molecule has 0 aliphatic carbocycles. The van der Waals surface area contributed by atoms with Crippen LogP contribution in [-0.4, -0.2) is 44.8 Å². The van der Waals surface area contributed by atoms with Crippen LogP contribution >= 0.6 is 0 Å². The van der Waals surface area contributed by atoms with Gasteiger partial charge in [0.1, 0.15) is 12.4 Å². The van der Waals surface area contributed by atoms with Gasteiger partial charge in [0.25, 0.3) is 0 Å². The Hall–Kier alpha value is -2.02. The molecule has 0 saturated heterocycles. The minimum absolute atomic E-state index is 0.167. The SMILES string of the molecule is CCNC(=NCCCC(=O)OCC)NCCCOCc1ccco1. The van der Waals surface area contributed by atoms with E-state index in [1.807, 2.05) is 26.0 Å². The van der Waals surface area contributed by atoms with Crippen molar-refractivity contribution in [2.24, 2.45) is 4.99 Å². The normalized spacial score (nSPS) is 11.3. The molecule has 0 saturated carbocycles. The van der Waals surface area contributed by atoms with Crippen molar-refractivity contribution in [3.63, 3.8) is 0 Å². The number of guanidine groups is 1. The maximum Gasteiger partial charge on any atom is 0.305 e. The lowest BCUT2D eigenvalue weighted by Crippen LogP contribution is -2.38. The zero-order valence-electron chi connectivity index (χ0n) is 14.7. The third-order valence-corrected chi connectivity index (χ3v) is 3.04. The number of nitrogens with one attached hydrogen (secondary N) is 2. The van der Waals surface area contributed by atoms with Crippen LogP contribution in [0.5, 0.6) is 0 Å². The molecule has 1 aromatic rings. The highest BCUT2D eigenvalue weighted by atomic mass is 16.5. The van der Waals surface area contributed by atoms with Crippen LogP contribution in [0.1, 0.15) is 38.9 Å². The van der Waals surface area contributed by atoms with E-state index >= 15 is 0 Å². The Kier molecular flexibility index (Phi) is 11.2. The molecule has 0 spiro atoms. The number of aliphatic imine (C=N–C) groups is 1. The van der Waals surface area contributed by atoms with E-state index in [4.69, 9.17) is 13.9 Å². The molecular formula is C17H29N3O4. The number of furan rings is 1. The van der Waals surface area contributed by atoms with Crippen molar-refractivity contribution in [3.05, 3.63) is 24.2 Å². The summed E-state index contributed by atoms with van der Waals surface area (Å²) in [6.07, 6.45) is 3.59. The Morgan fingerprint density at radius 2 is 2.17 bits per heavy atom. The molecule has 0 aliphatic heterocycles. The van der Waals surface area contributed by atoms with E-state index in [1.165, 1.54) is 0 Å². The Morgan fingerprint density at radius 3 is 2.88 bits per heavy atom. The topological polar surface area (TPSA) is 85.1 Å². The first kappa shape index (κ1) is 20.0. The second-order valence-electron chi connectivity index (χ2n) is 5.08. The van der Waals surface area contributed by atoms with Crippen LogP contribution in [0.25, 0.3) is 0 Å². The number of carbonyl (C=O) groups excluding carboxylic acids is 1. The summed E-state index contributed by atoms with van der Waals surface area (Å²) in [4.78, 5) is 15.7. The lowest BCUT2D eigenvalue weighted by Gasteiger charge is -2.11. The fraction of sp³-hybridized carbons (Fsp3) is 0.647. The van der Waals surface area contributed by atoms with Gasteiger partial charge < -0.3 is 24.5 Å². The number of nitrogens with zero attached hydrogens (tertiary/aromatic N) is 1. The Labute approximate surface area is 143 Å². The maximum atomic E-state index is 11.2. The zero-order chi connectivity index (χ0) is 17.5. The minimum Gasteiger partial charge on any atom is -0.467 e. The van der Waals surface area contributed by atoms with Crippen LogP contribution in [0.2, 0.25) is 0 Å². The first-order chi connectivity index (χ1) is 11.8. The van der Waals surface area contributed by atoms with Crippen LogP contribution in [0, 0.1) is 0 Å². The summed E-state index contributed by atoms with van der Waals surface area (Å²) >= 11 is 0. The fourth-order valence-corrected chi connectivity index (χ4v) is 1.94. The van der Waals surface area contributed by atoms with Crippen molar-refractivity contribution in [2.45, 2.75) is 39.7 Å². The Balaban J connectivity index is 2.10. The molecule has 0 bridgehead atoms. The van der Waals surface area contributed by atoms with Crippen molar-refractivity contribution in [1.29, 1.82) is 0 Å². The zero-order valence-corrected chi connectivity index (χ0v) is 14.7. The van der Waals surface area contributed by atoms with Gasteiger partial charge in [-0.2, -0.15) is 0 Å². The molecular weight excluding hydrogens is 310 g/mol. The van der Waals surface area contributed by atoms with Gasteiger partial charge in [-0.05, 0) is 38.8 Å². The van der Waals surface area contributed by atoms with Gasteiger partial charge in [-0.25, -0.2) is 0 Å². The molecule has 1 heterocycles. The monoisotopic (exact) mass is 339 g/mol. The van der Waals surface area contributed by atoms with E-state index in [1.54, 1.807) is 6.26 Å². The fourth-order valence-electron chi connectivity index (χ4n) is 1.94. The van der Waals surface area contributed by atoms with Crippen molar-refractivity contribution in [3.8, 4) is 0 Å². The molecule has 0 aromatic carbocycles. The third-order valence-electron chi connectivity index (χ3n) is 3.04. The molecule has 136 valence electrons. The molecule has 1 rings (SSSR count). The molecule has 2 N–H and O–H groups in total. The lowest BCUT2D eigenvalue weighted by atomic mass is 10.3. The van der Waals surface area contributed by atoms with Gasteiger partial charge in [0.2, 0.25) is 0 Å². The predicted molar refractivity (Wildman–Crippen MR) is 92.8 cm³/mol. The summed E-state index contributed by atoms with van der Waals surface area (Å²) in [5.41, 5.74) is 0. The second kappa shape index (κ2) is 13.4.